The number of aromatic nitrogens is 2. The molecule has 106 valence electrons. The molecule has 1 aromatic carbocycles. The molecule has 0 saturated carbocycles. The Bertz CT molecular complexity index is 676. The largest absolute Gasteiger partial charge is 0.478 e. The highest BCUT2D eigenvalue weighted by Gasteiger charge is 2.17. The van der Waals surface area contributed by atoms with E-state index in [0.29, 0.717) is 11.9 Å². The van der Waals surface area contributed by atoms with Gasteiger partial charge in [0.1, 0.15) is 5.82 Å². The fraction of sp³-hybridized carbons (Fsp3) is 0.357. The molecule has 20 heavy (non-hydrogen) atoms. The van der Waals surface area contributed by atoms with E-state index in [-0.39, 0.29) is 23.9 Å². The quantitative estimate of drug-likeness (QED) is 0.868. The molecule has 0 aliphatic carbocycles. The average molecular weight is 275 g/mol. The predicted molar refractivity (Wildman–Crippen MR) is 74.6 cm³/mol. The first-order valence-electron chi connectivity index (χ1n) is 6.46. The summed E-state index contributed by atoms with van der Waals surface area (Å²) in [5.41, 5.74) is 6.89. The summed E-state index contributed by atoms with van der Waals surface area (Å²) in [6, 6.07) is 4.70. The zero-order valence-corrected chi connectivity index (χ0v) is 11.5. The van der Waals surface area contributed by atoms with E-state index in [2.05, 4.69) is 4.98 Å². The number of benzene rings is 1. The third-order valence-corrected chi connectivity index (χ3v) is 3.26. The van der Waals surface area contributed by atoms with E-state index in [1.807, 2.05) is 18.4 Å². The highest BCUT2D eigenvalue weighted by Crippen LogP contribution is 2.24. The summed E-state index contributed by atoms with van der Waals surface area (Å²) in [7, 11) is 0. The minimum absolute atomic E-state index is 0.108. The number of nitrogens with zero attached hydrogens (tertiary/aromatic N) is 2. The monoisotopic (exact) mass is 275 g/mol. The van der Waals surface area contributed by atoms with Crippen LogP contribution < -0.4 is 5.73 Å². The van der Waals surface area contributed by atoms with Gasteiger partial charge in [0, 0.05) is 18.9 Å². The molecule has 6 heteroatoms. The van der Waals surface area contributed by atoms with Crippen LogP contribution in [0, 0.1) is 0 Å². The third kappa shape index (κ3) is 2.49. The van der Waals surface area contributed by atoms with E-state index in [0.717, 1.165) is 11.3 Å². The van der Waals surface area contributed by atoms with Crippen LogP contribution in [0.3, 0.4) is 0 Å². The van der Waals surface area contributed by atoms with E-state index < -0.39 is 5.97 Å². The van der Waals surface area contributed by atoms with Gasteiger partial charge in [-0.25, -0.2) is 9.78 Å². The van der Waals surface area contributed by atoms with Gasteiger partial charge in [0.05, 0.1) is 16.6 Å². The Morgan fingerprint density at radius 3 is 2.70 bits per heavy atom. The molecule has 1 aromatic heterocycles. The van der Waals surface area contributed by atoms with Crippen LogP contribution >= 0.6 is 0 Å². The lowest BCUT2D eigenvalue weighted by atomic mass is 10.1. The number of hydrogen-bond donors (Lipinski definition) is 2. The highest BCUT2D eigenvalue weighted by molar-refractivity contribution is 5.92. The number of carbonyl (C=O) groups excluding carboxylic acids is 1. The highest BCUT2D eigenvalue weighted by atomic mass is 16.4. The van der Waals surface area contributed by atoms with Crippen molar-refractivity contribution >= 4 is 22.9 Å². The number of rotatable bonds is 5. The molecular weight excluding hydrogens is 258 g/mol. The van der Waals surface area contributed by atoms with Gasteiger partial charge in [-0.15, -0.1) is 0 Å². The summed E-state index contributed by atoms with van der Waals surface area (Å²) in [6.45, 7) is 3.86. The van der Waals surface area contributed by atoms with Crippen LogP contribution in [0.2, 0.25) is 0 Å². The van der Waals surface area contributed by atoms with Crippen molar-refractivity contribution < 1.29 is 14.7 Å². The number of imidazole rings is 1. The van der Waals surface area contributed by atoms with Gasteiger partial charge in [-0.1, -0.05) is 6.92 Å². The normalized spacial score (nSPS) is 12.5. The Morgan fingerprint density at radius 2 is 2.15 bits per heavy atom. The maximum Gasteiger partial charge on any atom is 0.335 e. The Balaban J connectivity index is 2.57. The van der Waals surface area contributed by atoms with Crippen LogP contribution in [-0.4, -0.2) is 26.5 Å². The van der Waals surface area contributed by atoms with Gasteiger partial charge >= 0.3 is 5.97 Å². The number of aryl methyl sites for hydroxylation is 1. The molecule has 0 bridgehead atoms. The fourth-order valence-electron chi connectivity index (χ4n) is 2.41. The van der Waals surface area contributed by atoms with E-state index in [4.69, 9.17) is 10.8 Å². The molecule has 1 amide bonds. The summed E-state index contributed by atoms with van der Waals surface area (Å²) < 4.78 is 1.95. The minimum atomic E-state index is -0.982. The lowest BCUT2D eigenvalue weighted by Crippen LogP contribution is -2.18. The molecule has 6 nitrogen and oxygen atoms in total. The summed E-state index contributed by atoms with van der Waals surface area (Å²) in [5, 5.41) is 9.01. The third-order valence-electron chi connectivity index (χ3n) is 3.26. The van der Waals surface area contributed by atoms with Crippen LogP contribution in [-0.2, 0) is 11.2 Å². The van der Waals surface area contributed by atoms with Crippen molar-refractivity contribution in [3.63, 3.8) is 0 Å². The lowest BCUT2D eigenvalue weighted by Gasteiger charge is -2.15. The number of carbonyl (C=O) groups is 2. The van der Waals surface area contributed by atoms with Crippen molar-refractivity contribution in [2.75, 3.05) is 0 Å². The molecule has 1 heterocycles. The topological polar surface area (TPSA) is 98.2 Å². The van der Waals surface area contributed by atoms with Gasteiger partial charge in [0.25, 0.3) is 0 Å². The van der Waals surface area contributed by atoms with Crippen LogP contribution in [0.5, 0.6) is 0 Å². The number of carboxylic acid groups (broad SMARTS) is 1. The summed E-state index contributed by atoms with van der Waals surface area (Å²) in [4.78, 5) is 26.5. The fourth-order valence-corrected chi connectivity index (χ4v) is 2.41. The second-order valence-corrected chi connectivity index (χ2v) is 4.78. The molecule has 0 aliphatic rings. The Labute approximate surface area is 116 Å². The van der Waals surface area contributed by atoms with E-state index >= 15 is 0 Å². The first-order chi connectivity index (χ1) is 9.43. The van der Waals surface area contributed by atoms with Crippen molar-refractivity contribution in [1.82, 2.24) is 9.55 Å². The van der Waals surface area contributed by atoms with Crippen LogP contribution in [0.25, 0.3) is 11.0 Å². The summed E-state index contributed by atoms with van der Waals surface area (Å²) >= 11 is 0. The van der Waals surface area contributed by atoms with E-state index in [1.54, 1.807) is 18.2 Å². The SMILES string of the molecule is CCc1nc2cc(C(=O)O)ccc2n1C(C)CC(N)=O. The molecule has 0 aliphatic heterocycles. The zero-order valence-electron chi connectivity index (χ0n) is 11.5. The summed E-state index contributed by atoms with van der Waals surface area (Å²) in [6.07, 6.45) is 0.916. The molecule has 2 aromatic rings. The second kappa shape index (κ2) is 5.32. The van der Waals surface area contributed by atoms with Crippen molar-refractivity contribution in [2.45, 2.75) is 32.7 Å². The number of fused-ring (bicyclic) bond motifs is 1. The van der Waals surface area contributed by atoms with Crippen LogP contribution in [0.4, 0.5) is 0 Å². The molecule has 1 atom stereocenters. The Kier molecular flexibility index (Phi) is 3.74. The maximum atomic E-state index is 11.1. The van der Waals surface area contributed by atoms with E-state index in [9.17, 15) is 9.59 Å². The number of carboxylic acids is 1. The van der Waals surface area contributed by atoms with Gasteiger partial charge in [-0.05, 0) is 25.1 Å². The standard InChI is InChI=1S/C14H17N3O3/c1-3-13-16-10-7-9(14(19)20)4-5-11(10)17(13)8(2)6-12(15)18/h4-5,7-8H,3,6H2,1-2H3,(H2,15,18)(H,19,20). The minimum Gasteiger partial charge on any atom is -0.478 e. The van der Waals surface area contributed by atoms with Gasteiger partial charge in [0.15, 0.2) is 0 Å². The second-order valence-electron chi connectivity index (χ2n) is 4.78. The van der Waals surface area contributed by atoms with Crippen molar-refractivity contribution in [1.29, 1.82) is 0 Å². The smallest absolute Gasteiger partial charge is 0.335 e. The molecule has 0 radical (unpaired) electrons. The molecule has 3 N–H and O–H groups in total. The summed E-state index contributed by atoms with van der Waals surface area (Å²) in [5.74, 6) is -0.537. The average Bonchev–Trinajstić information content (AvgIpc) is 2.74. The van der Waals surface area contributed by atoms with Crippen LogP contribution in [0.1, 0.15) is 42.5 Å². The van der Waals surface area contributed by atoms with Gasteiger partial charge in [0.2, 0.25) is 5.91 Å². The van der Waals surface area contributed by atoms with Crippen molar-refractivity contribution in [3.8, 4) is 0 Å². The maximum absolute atomic E-state index is 11.1. The number of nitrogens with two attached hydrogens (primary N) is 1. The first-order valence-corrected chi connectivity index (χ1v) is 6.46. The van der Waals surface area contributed by atoms with Gasteiger partial charge in [-0.3, -0.25) is 4.79 Å². The number of amides is 1. The Hall–Kier alpha value is -2.37. The number of aromatic carboxylic acids is 1. The number of hydrogen-bond acceptors (Lipinski definition) is 3. The molecule has 1 unspecified atom stereocenters. The number of primary amides is 1. The Morgan fingerprint density at radius 1 is 1.45 bits per heavy atom. The molecular formula is C14H17N3O3. The predicted octanol–water partition coefficient (Wildman–Crippen LogP) is 1.73. The molecule has 0 spiro atoms. The van der Waals surface area contributed by atoms with Crippen LogP contribution in [0.15, 0.2) is 18.2 Å². The van der Waals surface area contributed by atoms with Crippen molar-refractivity contribution in [2.24, 2.45) is 5.73 Å². The van der Waals surface area contributed by atoms with E-state index in [1.165, 1.54) is 0 Å². The molecule has 0 saturated heterocycles. The van der Waals surface area contributed by atoms with Gasteiger partial charge < -0.3 is 15.4 Å². The molecule has 2 rings (SSSR count). The first kappa shape index (κ1) is 14.0. The zero-order chi connectivity index (χ0) is 14.9. The lowest BCUT2D eigenvalue weighted by molar-refractivity contribution is -0.118. The van der Waals surface area contributed by atoms with Gasteiger partial charge in [-0.2, -0.15) is 0 Å². The van der Waals surface area contributed by atoms with Crippen molar-refractivity contribution in [3.05, 3.63) is 29.6 Å². The molecule has 0 fully saturated rings.